The van der Waals surface area contributed by atoms with E-state index >= 15 is 0 Å². The van der Waals surface area contributed by atoms with Crippen LogP contribution in [-0.4, -0.2) is 36.0 Å². The highest BCUT2D eigenvalue weighted by Crippen LogP contribution is 2.14. The zero-order valence-corrected chi connectivity index (χ0v) is 28.7. The van der Waals surface area contributed by atoms with E-state index in [1.165, 1.54) is 140 Å². The summed E-state index contributed by atoms with van der Waals surface area (Å²) in [6.07, 6.45) is 32.8. The Morgan fingerprint density at radius 1 is 0.405 bits per heavy atom. The molecule has 0 aliphatic carbocycles. The molecule has 0 rings (SSSR count). The van der Waals surface area contributed by atoms with Crippen molar-refractivity contribution in [3.63, 3.8) is 0 Å². The van der Waals surface area contributed by atoms with Crippen LogP contribution in [0.2, 0.25) is 0 Å². The smallest absolute Gasteiger partial charge is 0.314 e. The molecule has 0 saturated carbocycles. The Labute approximate surface area is 264 Å². The Morgan fingerprint density at radius 2 is 0.738 bits per heavy atom. The van der Waals surface area contributed by atoms with Gasteiger partial charge in [-0.3, -0.25) is 14.4 Å². The fourth-order valence-corrected chi connectivity index (χ4v) is 5.96. The molecule has 0 bridgehead atoms. The van der Waals surface area contributed by atoms with E-state index < -0.39 is 11.9 Å². The quantitative estimate of drug-likeness (QED) is 0.0417. The number of hydrogen-bond donors (Lipinski definition) is 0. The summed E-state index contributed by atoms with van der Waals surface area (Å²) >= 11 is 1.52. The molecule has 0 amide bonds. The van der Waals surface area contributed by atoms with Crippen LogP contribution in [0.15, 0.2) is 0 Å². The third kappa shape index (κ3) is 33.5. The molecule has 0 aliphatic heterocycles. The summed E-state index contributed by atoms with van der Waals surface area (Å²) in [5.41, 5.74) is 0. The highest BCUT2D eigenvalue weighted by molar-refractivity contribution is 7.99. The van der Waals surface area contributed by atoms with Gasteiger partial charge in [0.05, 0.1) is 19.4 Å². The first-order valence-electron chi connectivity index (χ1n) is 18.1. The van der Waals surface area contributed by atoms with Gasteiger partial charge in [-0.05, 0) is 12.8 Å². The number of carbonyl (C=O) groups is 3. The predicted octanol–water partition coefficient (Wildman–Crippen LogP) is 11.3. The van der Waals surface area contributed by atoms with Gasteiger partial charge in [0.15, 0.2) is 0 Å². The summed E-state index contributed by atoms with van der Waals surface area (Å²) in [5, 5.41) is 0. The highest BCUT2D eigenvalue weighted by atomic mass is 32.2. The highest BCUT2D eigenvalue weighted by Gasteiger charge is 2.10. The number of esters is 3. The van der Waals surface area contributed by atoms with E-state index in [4.69, 9.17) is 9.47 Å². The summed E-state index contributed by atoms with van der Waals surface area (Å²) in [6.45, 7) is 5.01. The minimum absolute atomic E-state index is 0.165. The molecule has 6 heteroatoms. The first-order valence-corrected chi connectivity index (χ1v) is 19.2. The van der Waals surface area contributed by atoms with Gasteiger partial charge in [0, 0.05) is 17.9 Å². The Hall–Kier alpha value is -1.04. The number of carbonyl (C=O) groups excluding carboxylic acids is 3. The van der Waals surface area contributed by atoms with Crippen molar-refractivity contribution in [1.29, 1.82) is 0 Å². The first kappa shape index (κ1) is 41.0. The largest absolute Gasteiger partial charge is 0.466 e. The van der Waals surface area contributed by atoms with E-state index in [-0.39, 0.29) is 12.4 Å². The van der Waals surface area contributed by atoms with E-state index in [1.807, 2.05) is 0 Å². The maximum atomic E-state index is 11.9. The molecule has 0 saturated heterocycles. The Balaban J connectivity index is 3.35. The molecule has 0 heterocycles. The minimum Gasteiger partial charge on any atom is -0.466 e. The molecule has 5 nitrogen and oxygen atoms in total. The van der Waals surface area contributed by atoms with Gasteiger partial charge < -0.3 is 9.47 Å². The van der Waals surface area contributed by atoms with Gasteiger partial charge in [0.25, 0.3) is 0 Å². The van der Waals surface area contributed by atoms with Gasteiger partial charge in [-0.1, -0.05) is 162 Å². The van der Waals surface area contributed by atoms with Crippen molar-refractivity contribution in [2.45, 2.75) is 194 Å². The van der Waals surface area contributed by atoms with Crippen LogP contribution >= 0.6 is 11.8 Å². The van der Waals surface area contributed by atoms with Crippen molar-refractivity contribution in [2.24, 2.45) is 0 Å². The molecule has 0 atom stereocenters. The van der Waals surface area contributed by atoms with Crippen LogP contribution in [-0.2, 0) is 23.9 Å². The minimum atomic E-state index is -0.463. The Bertz CT molecular complexity index is 610. The maximum Gasteiger partial charge on any atom is 0.314 e. The van der Waals surface area contributed by atoms with E-state index in [0.29, 0.717) is 31.0 Å². The maximum absolute atomic E-state index is 11.9. The summed E-state index contributed by atoms with van der Waals surface area (Å²) < 4.78 is 10.2. The average Bonchev–Trinajstić information content (AvgIpc) is 2.97. The lowest BCUT2D eigenvalue weighted by atomic mass is 10.0. The van der Waals surface area contributed by atoms with Crippen LogP contribution < -0.4 is 0 Å². The van der Waals surface area contributed by atoms with Crippen LogP contribution in [0.1, 0.15) is 194 Å². The second-order valence-corrected chi connectivity index (χ2v) is 13.3. The van der Waals surface area contributed by atoms with Gasteiger partial charge in [-0.25, -0.2) is 0 Å². The fourth-order valence-electron chi connectivity index (χ4n) is 5.13. The first-order chi connectivity index (χ1) is 20.6. The molecule has 42 heavy (non-hydrogen) atoms. The van der Waals surface area contributed by atoms with Gasteiger partial charge in [-0.15, -0.1) is 0 Å². The molecular formula is C36H68O5S. The molecule has 0 aromatic carbocycles. The van der Waals surface area contributed by atoms with Crippen LogP contribution in [0.25, 0.3) is 0 Å². The number of rotatable bonds is 33. The molecule has 0 spiro atoms. The molecular weight excluding hydrogens is 544 g/mol. The Kier molecular flexibility index (Phi) is 33.6. The summed E-state index contributed by atoms with van der Waals surface area (Å²) in [7, 11) is 0. The third-order valence-electron chi connectivity index (χ3n) is 7.87. The fraction of sp³-hybridized carbons (Fsp3) is 0.917. The summed E-state index contributed by atoms with van der Waals surface area (Å²) in [4.78, 5) is 35.6. The monoisotopic (exact) mass is 612 g/mol. The van der Waals surface area contributed by atoms with Crippen LogP contribution in [0.5, 0.6) is 0 Å². The zero-order chi connectivity index (χ0) is 30.8. The standard InChI is InChI=1S/C36H68O5S/c1-3-5-7-9-11-13-14-15-16-17-18-19-21-23-25-27-31-40-34(37)29-32-42-33-30-36(39)41-35(38)28-26-24-22-20-12-10-8-6-4-2/h3-33H2,1-2H3. The number of ether oxygens (including phenoxy) is 2. The summed E-state index contributed by atoms with van der Waals surface area (Å²) in [6, 6.07) is 0. The van der Waals surface area contributed by atoms with Gasteiger partial charge in [0.1, 0.15) is 0 Å². The predicted molar refractivity (Wildman–Crippen MR) is 180 cm³/mol. The molecule has 0 aromatic rings. The summed E-state index contributed by atoms with van der Waals surface area (Å²) in [5.74, 6) is 0.135. The van der Waals surface area contributed by atoms with Gasteiger partial charge >= 0.3 is 17.9 Å². The van der Waals surface area contributed by atoms with E-state index in [0.717, 1.165) is 32.1 Å². The molecule has 0 radical (unpaired) electrons. The van der Waals surface area contributed by atoms with E-state index in [9.17, 15) is 14.4 Å². The lowest BCUT2D eigenvalue weighted by Gasteiger charge is -2.06. The molecule has 0 fully saturated rings. The van der Waals surface area contributed by atoms with Crippen LogP contribution in [0.3, 0.4) is 0 Å². The van der Waals surface area contributed by atoms with Gasteiger partial charge in [-0.2, -0.15) is 11.8 Å². The normalized spacial score (nSPS) is 11.1. The molecule has 0 N–H and O–H groups in total. The van der Waals surface area contributed by atoms with E-state index in [2.05, 4.69) is 13.8 Å². The molecule has 248 valence electrons. The SMILES string of the molecule is CCCCCCCCCCCCCCCCCCOC(=O)CCSCCC(=O)OC(=O)CCCCCCCCCCC. The number of hydrogen-bond acceptors (Lipinski definition) is 6. The average molecular weight is 613 g/mol. The second kappa shape index (κ2) is 34.5. The molecule has 0 unspecified atom stereocenters. The lowest BCUT2D eigenvalue weighted by molar-refractivity contribution is -0.159. The van der Waals surface area contributed by atoms with Crippen LogP contribution in [0, 0.1) is 0 Å². The van der Waals surface area contributed by atoms with Crippen molar-refractivity contribution in [3.8, 4) is 0 Å². The van der Waals surface area contributed by atoms with Crippen molar-refractivity contribution >= 4 is 29.7 Å². The van der Waals surface area contributed by atoms with Crippen molar-refractivity contribution in [1.82, 2.24) is 0 Å². The third-order valence-corrected chi connectivity index (χ3v) is 8.86. The van der Waals surface area contributed by atoms with Crippen molar-refractivity contribution in [2.75, 3.05) is 18.1 Å². The van der Waals surface area contributed by atoms with Gasteiger partial charge in [0.2, 0.25) is 0 Å². The van der Waals surface area contributed by atoms with Crippen molar-refractivity contribution < 1.29 is 23.9 Å². The zero-order valence-electron chi connectivity index (χ0n) is 27.9. The lowest BCUT2D eigenvalue weighted by Crippen LogP contribution is -2.13. The molecule has 0 aromatic heterocycles. The molecule has 0 aliphatic rings. The van der Waals surface area contributed by atoms with Crippen LogP contribution in [0.4, 0.5) is 0 Å². The number of unbranched alkanes of at least 4 members (excludes halogenated alkanes) is 23. The Morgan fingerprint density at radius 3 is 1.17 bits per heavy atom. The topological polar surface area (TPSA) is 69.7 Å². The van der Waals surface area contributed by atoms with E-state index in [1.54, 1.807) is 0 Å². The second-order valence-electron chi connectivity index (χ2n) is 12.1. The number of thioether (sulfide) groups is 1. The van der Waals surface area contributed by atoms with Crippen molar-refractivity contribution in [3.05, 3.63) is 0 Å².